The molecule has 2 aromatic carbocycles. The number of methoxy groups -OCH3 is 2. The highest BCUT2D eigenvalue weighted by Crippen LogP contribution is 2.36. The lowest BCUT2D eigenvalue weighted by Gasteiger charge is -2.13. The molecule has 0 atom stereocenters. The molecule has 0 unspecified atom stereocenters. The summed E-state index contributed by atoms with van der Waals surface area (Å²) in [6.45, 7) is 0. The van der Waals surface area contributed by atoms with Crippen LogP contribution in [-0.2, 0) is 9.84 Å². The van der Waals surface area contributed by atoms with E-state index in [0.717, 1.165) is 0 Å². The van der Waals surface area contributed by atoms with Gasteiger partial charge < -0.3 is 9.47 Å². The maximum atomic E-state index is 12.8. The Bertz CT molecular complexity index is 713. The van der Waals surface area contributed by atoms with Crippen LogP contribution in [0.2, 0.25) is 10.0 Å². The fourth-order valence-electron chi connectivity index (χ4n) is 1.84. The summed E-state index contributed by atoms with van der Waals surface area (Å²) in [5.74, 6) is 0.392. The van der Waals surface area contributed by atoms with Gasteiger partial charge in [0.05, 0.1) is 14.2 Å². The number of benzene rings is 2. The summed E-state index contributed by atoms with van der Waals surface area (Å²) in [6.07, 6.45) is 0. The summed E-state index contributed by atoms with van der Waals surface area (Å²) in [7, 11) is -1.12. The molecule has 0 bridgehead atoms. The van der Waals surface area contributed by atoms with Crippen molar-refractivity contribution in [2.75, 3.05) is 14.2 Å². The molecule has 4 nitrogen and oxygen atoms in total. The molecule has 0 aromatic heterocycles. The average molecular weight is 347 g/mol. The van der Waals surface area contributed by atoms with Crippen LogP contribution in [-0.4, -0.2) is 22.6 Å². The van der Waals surface area contributed by atoms with Gasteiger partial charge in [0, 0.05) is 10.0 Å². The van der Waals surface area contributed by atoms with Gasteiger partial charge in [0.25, 0.3) is 0 Å². The molecule has 0 radical (unpaired) electrons. The third-order valence-corrected chi connectivity index (χ3v) is 5.10. The topological polar surface area (TPSA) is 52.6 Å². The van der Waals surface area contributed by atoms with Gasteiger partial charge in [-0.15, -0.1) is 0 Å². The van der Waals surface area contributed by atoms with E-state index in [1.165, 1.54) is 38.5 Å². The van der Waals surface area contributed by atoms with Crippen LogP contribution in [0, 0.1) is 0 Å². The predicted octanol–water partition coefficient (Wildman–Crippen LogP) is 3.84. The van der Waals surface area contributed by atoms with Gasteiger partial charge in [-0.05, 0) is 36.4 Å². The zero-order valence-electron chi connectivity index (χ0n) is 11.3. The van der Waals surface area contributed by atoms with Gasteiger partial charge in [-0.1, -0.05) is 23.2 Å². The number of hydrogen-bond acceptors (Lipinski definition) is 4. The molecule has 0 amide bonds. The smallest absolute Gasteiger partial charge is 0.214 e. The van der Waals surface area contributed by atoms with Gasteiger partial charge in [0.15, 0.2) is 0 Å². The first-order chi connectivity index (χ1) is 9.90. The minimum absolute atomic E-state index is 0.0435. The molecule has 0 N–H and O–H groups in total. The van der Waals surface area contributed by atoms with E-state index in [-0.39, 0.29) is 31.3 Å². The lowest BCUT2D eigenvalue weighted by Crippen LogP contribution is -2.06. The van der Waals surface area contributed by atoms with Crippen LogP contribution < -0.4 is 9.47 Å². The molecule has 2 rings (SSSR count). The van der Waals surface area contributed by atoms with E-state index in [9.17, 15) is 8.42 Å². The monoisotopic (exact) mass is 346 g/mol. The van der Waals surface area contributed by atoms with E-state index >= 15 is 0 Å². The zero-order valence-corrected chi connectivity index (χ0v) is 13.6. The van der Waals surface area contributed by atoms with Crippen LogP contribution in [0.25, 0.3) is 0 Å². The van der Waals surface area contributed by atoms with Crippen molar-refractivity contribution in [3.05, 3.63) is 46.4 Å². The Kier molecular flexibility index (Phi) is 4.66. The second kappa shape index (κ2) is 6.13. The molecule has 2 aromatic rings. The Morgan fingerprint density at radius 1 is 0.810 bits per heavy atom. The highest BCUT2D eigenvalue weighted by molar-refractivity contribution is 7.91. The van der Waals surface area contributed by atoms with Crippen LogP contribution in [0.5, 0.6) is 11.5 Å². The van der Waals surface area contributed by atoms with Crippen molar-refractivity contribution >= 4 is 33.0 Å². The number of hydrogen-bond donors (Lipinski definition) is 0. The van der Waals surface area contributed by atoms with Crippen molar-refractivity contribution in [2.24, 2.45) is 0 Å². The first-order valence-corrected chi connectivity index (χ1v) is 8.06. The van der Waals surface area contributed by atoms with Gasteiger partial charge in [-0.25, -0.2) is 8.42 Å². The Morgan fingerprint density at radius 3 is 1.52 bits per heavy atom. The SMILES string of the molecule is COc1ccc(Cl)cc1S(=O)(=O)c1cc(Cl)ccc1OC. The number of sulfone groups is 1. The maximum absolute atomic E-state index is 12.8. The van der Waals surface area contributed by atoms with Crippen molar-refractivity contribution in [2.45, 2.75) is 9.79 Å². The molecule has 112 valence electrons. The Hall–Kier alpha value is -1.43. The standard InChI is InChI=1S/C14H12Cl2O4S/c1-19-11-5-3-9(15)7-13(11)21(17,18)14-8-10(16)4-6-12(14)20-2/h3-8H,1-2H3. The second-order valence-corrected chi connectivity index (χ2v) is 6.85. The Labute approximate surface area is 133 Å². The summed E-state index contributed by atoms with van der Waals surface area (Å²) >= 11 is 11.8. The van der Waals surface area contributed by atoms with Gasteiger partial charge in [0.1, 0.15) is 21.3 Å². The van der Waals surface area contributed by atoms with Crippen molar-refractivity contribution in [3.8, 4) is 11.5 Å². The largest absolute Gasteiger partial charge is 0.495 e. The number of ether oxygens (including phenoxy) is 2. The van der Waals surface area contributed by atoms with Crippen molar-refractivity contribution in [1.29, 1.82) is 0 Å². The highest BCUT2D eigenvalue weighted by atomic mass is 35.5. The van der Waals surface area contributed by atoms with E-state index in [4.69, 9.17) is 32.7 Å². The van der Waals surface area contributed by atoms with Crippen LogP contribution in [0.3, 0.4) is 0 Å². The minimum Gasteiger partial charge on any atom is -0.495 e. The lowest BCUT2D eigenvalue weighted by molar-refractivity contribution is 0.398. The third-order valence-electron chi connectivity index (χ3n) is 2.83. The molecular weight excluding hydrogens is 335 g/mol. The fourth-order valence-corrected chi connectivity index (χ4v) is 3.95. The first kappa shape index (κ1) is 15.9. The van der Waals surface area contributed by atoms with Gasteiger partial charge in [0.2, 0.25) is 9.84 Å². The molecule has 0 aliphatic heterocycles. The van der Waals surface area contributed by atoms with E-state index in [1.807, 2.05) is 0 Å². The normalized spacial score (nSPS) is 11.2. The van der Waals surface area contributed by atoms with Gasteiger partial charge in [-0.3, -0.25) is 0 Å². The Balaban J connectivity index is 2.73. The van der Waals surface area contributed by atoms with E-state index < -0.39 is 9.84 Å². The van der Waals surface area contributed by atoms with Crippen LogP contribution in [0.4, 0.5) is 0 Å². The molecule has 21 heavy (non-hydrogen) atoms. The van der Waals surface area contributed by atoms with Crippen LogP contribution in [0.1, 0.15) is 0 Å². The van der Waals surface area contributed by atoms with Crippen molar-refractivity contribution in [1.82, 2.24) is 0 Å². The zero-order chi connectivity index (χ0) is 15.6. The molecule has 0 spiro atoms. The lowest BCUT2D eigenvalue weighted by atomic mass is 10.3. The van der Waals surface area contributed by atoms with E-state index in [0.29, 0.717) is 0 Å². The molecule has 0 saturated carbocycles. The first-order valence-electron chi connectivity index (χ1n) is 5.82. The summed E-state index contributed by atoms with van der Waals surface area (Å²) in [5, 5.41) is 0.575. The molecule has 0 fully saturated rings. The maximum Gasteiger partial charge on any atom is 0.214 e. The minimum atomic E-state index is -3.89. The Morgan fingerprint density at radius 2 is 1.19 bits per heavy atom. The third kappa shape index (κ3) is 3.10. The van der Waals surface area contributed by atoms with E-state index in [2.05, 4.69) is 0 Å². The van der Waals surface area contributed by atoms with Crippen molar-refractivity contribution in [3.63, 3.8) is 0 Å². The summed E-state index contributed by atoms with van der Waals surface area (Å²) in [5.41, 5.74) is 0. The number of rotatable bonds is 4. The summed E-state index contributed by atoms with van der Waals surface area (Å²) in [6, 6.07) is 8.74. The second-order valence-electron chi connectivity index (χ2n) is 4.09. The molecule has 7 heteroatoms. The number of halogens is 2. The quantitative estimate of drug-likeness (QED) is 0.843. The molecule has 0 heterocycles. The van der Waals surface area contributed by atoms with E-state index in [1.54, 1.807) is 12.1 Å². The van der Waals surface area contributed by atoms with Gasteiger partial charge in [-0.2, -0.15) is 0 Å². The van der Waals surface area contributed by atoms with Crippen LogP contribution >= 0.6 is 23.2 Å². The molecular formula is C14H12Cl2O4S. The average Bonchev–Trinajstić information content (AvgIpc) is 2.47. The van der Waals surface area contributed by atoms with Gasteiger partial charge >= 0.3 is 0 Å². The highest BCUT2D eigenvalue weighted by Gasteiger charge is 2.26. The van der Waals surface area contributed by atoms with Crippen molar-refractivity contribution < 1.29 is 17.9 Å². The summed E-state index contributed by atoms with van der Waals surface area (Å²) in [4.78, 5) is -0.0869. The predicted molar refractivity (Wildman–Crippen MR) is 81.5 cm³/mol. The summed E-state index contributed by atoms with van der Waals surface area (Å²) < 4.78 is 35.8. The molecule has 0 saturated heterocycles. The fraction of sp³-hybridized carbons (Fsp3) is 0.143. The molecule has 0 aliphatic rings. The molecule has 0 aliphatic carbocycles. The van der Waals surface area contributed by atoms with Crippen LogP contribution in [0.15, 0.2) is 46.2 Å².